The van der Waals surface area contributed by atoms with Gasteiger partial charge in [-0.05, 0) is 44.9 Å². The van der Waals surface area contributed by atoms with Crippen LogP contribution in [0, 0.1) is 29.9 Å². The first-order chi connectivity index (χ1) is 15.4. The van der Waals surface area contributed by atoms with E-state index in [-0.39, 0.29) is 17.5 Å². The Morgan fingerprint density at radius 1 is 1.28 bits per heavy atom. The first-order valence-corrected chi connectivity index (χ1v) is 10.6. The number of likely N-dealkylation sites (tertiary alicyclic amines) is 1. The van der Waals surface area contributed by atoms with Crippen LogP contribution in [0.1, 0.15) is 29.9 Å². The SMILES string of the molecule is Cc1cccc(-c2noc(CN3CCCC(C(=O)Nc4cc([N+](=O)[O-])ccc4C)C3)n2)c1. The van der Waals surface area contributed by atoms with Crippen LogP contribution in [-0.4, -0.2) is 39.0 Å². The molecule has 166 valence electrons. The maximum absolute atomic E-state index is 12.9. The number of aromatic nitrogens is 2. The number of benzene rings is 2. The highest BCUT2D eigenvalue weighted by Gasteiger charge is 2.27. The van der Waals surface area contributed by atoms with Crippen molar-refractivity contribution in [3.63, 3.8) is 0 Å². The molecule has 1 fully saturated rings. The average molecular weight is 435 g/mol. The number of nitrogens with zero attached hydrogens (tertiary/aromatic N) is 4. The molecule has 2 heterocycles. The van der Waals surface area contributed by atoms with Crippen molar-refractivity contribution in [1.82, 2.24) is 15.0 Å². The first-order valence-electron chi connectivity index (χ1n) is 10.6. The Morgan fingerprint density at radius 2 is 2.12 bits per heavy atom. The van der Waals surface area contributed by atoms with E-state index in [0.717, 1.165) is 36.1 Å². The number of nitro groups is 1. The van der Waals surface area contributed by atoms with Crippen molar-refractivity contribution in [2.45, 2.75) is 33.2 Å². The second-order valence-corrected chi connectivity index (χ2v) is 8.20. The van der Waals surface area contributed by atoms with Gasteiger partial charge >= 0.3 is 0 Å². The van der Waals surface area contributed by atoms with Crippen LogP contribution in [0.5, 0.6) is 0 Å². The monoisotopic (exact) mass is 435 g/mol. The summed E-state index contributed by atoms with van der Waals surface area (Å²) in [6.45, 7) is 5.69. The Labute approximate surface area is 185 Å². The van der Waals surface area contributed by atoms with E-state index in [1.807, 2.05) is 38.1 Å². The summed E-state index contributed by atoms with van der Waals surface area (Å²) in [4.78, 5) is 30.1. The van der Waals surface area contributed by atoms with Crippen molar-refractivity contribution >= 4 is 17.3 Å². The van der Waals surface area contributed by atoms with Crippen LogP contribution in [0.3, 0.4) is 0 Å². The summed E-state index contributed by atoms with van der Waals surface area (Å²) in [7, 11) is 0. The van der Waals surface area contributed by atoms with Gasteiger partial charge in [0.2, 0.25) is 17.6 Å². The lowest BCUT2D eigenvalue weighted by Crippen LogP contribution is -2.40. The number of piperidine rings is 1. The summed E-state index contributed by atoms with van der Waals surface area (Å²) in [5, 5.41) is 18.0. The molecule has 9 nitrogen and oxygen atoms in total. The van der Waals surface area contributed by atoms with Crippen LogP contribution in [0.25, 0.3) is 11.4 Å². The third-order valence-corrected chi connectivity index (χ3v) is 5.67. The van der Waals surface area contributed by atoms with E-state index in [4.69, 9.17) is 4.52 Å². The summed E-state index contributed by atoms with van der Waals surface area (Å²) in [6, 6.07) is 12.4. The number of aryl methyl sites for hydroxylation is 2. The molecule has 32 heavy (non-hydrogen) atoms. The third kappa shape index (κ3) is 5.00. The maximum Gasteiger partial charge on any atom is 0.271 e. The molecule has 1 atom stereocenters. The van der Waals surface area contributed by atoms with Crippen LogP contribution in [-0.2, 0) is 11.3 Å². The van der Waals surface area contributed by atoms with Crippen LogP contribution in [0.2, 0.25) is 0 Å². The molecule has 1 aliphatic heterocycles. The van der Waals surface area contributed by atoms with Gasteiger partial charge in [0.05, 0.1) is 23.1 Å². The van der Waals surface area contributed by atoms with E-state index in [9.17, 15) is 14.9 Å². The lowest BCUT2D eigenvalue weighted by molar-refractivity contribution is -0.384. The molecule has 0 aliphatic carbocycles. The van der Waals surface area contributed by atoms with E-state index >= 15 is 0 Å². The third-order valence-electron chi connectivity index (χ3n) is 5.67. The smallest absolute Gasteiger partial charge is 0.271 e. The molecule has 1 unspecified atom stereocenters. The lowest BCUT2D eigenvalue weighted by atomic mass is 9.97. The molecule has 1 N–H and O–H groups in total. The number of hydrogen-bond acceptors (Lipinski definition) is 7. The lowest BCUT2D eigenvalue weighted by Gasteiger charge is -2.31. The van der Waals surface area contributed by atoms with E-state index in [2.05, 4.69) is 20.4 Å². The zero-order valence-electron chi connectivity index (χ0n) is 18.1. The summed E-state index contributed by atoms with van der Waals surface area (Å²) < 4.78 is 5.44. The molecule has 2 aromatic carbocycles. The van der Waals surface area contributed by atoms with Crippen LogP contribution < -0.4 is 5.32 Å². The molecule has 1 amide bonds. The van der Waals surface area contributed by atoms with Crippen LogP contribution >= 0.6 is 0 Å². The summed E-state index contributed by atoms with van der Waals surface area (Å²) in [5.74, 6) is 0.707. The zero-order valence-corrected chi connectivity index (χ0v) is 18.1. The molecular weight excluding hydrogens is 410 g/mol. The van der Waals surface area contributed by atoms with E-state index < -0.39 is 4.92 Å². The van der Waals surface area contributed by atoms with Gasteiger partial charge in [-0.1, -0.05) is 35.0 Å². The van der Waals surface area contributed by atoms with Gasteiger partial charge in [0.15, 0.2) is 0 Å². The Balaban J connectivity index is 1.39. The minimum Gasteiger partial charge on any atom is -0.338 e. The topological polar surface area (TPSA) is 114 Å². The second kappa shape index (κ2) is 9.27. The van der Waals surface area contributed by atoms with Gasteiger partial charge < -0.3 is 9.84 Å². The standard InChI is InChI=1S/C23H25N5O4/c1-15-5-3-6-17(11-15)22-25-21(32-26-22)14-27-10-4-7-18(13-27)23(29)24-20-12-19(28(30)31)9-8-16(20)2/h3,5-6,8-9,11-12,18H,4,7,10,13-14H2,1-2H3,(H,24,29). The highest BCUT2D eigenvalue weighted by molar-refractivity contribution is 5.93. The minimum atomic E-state index is -0.465. The summed E-state index contributed by atoms with van der Waals surface area (Å²) in [5.41, 5.74) is 3.24. The molecule has 0 spiro atoms. The zero-order chi connectivity index (χ0) is 22.7. The van der Waals surface area contributed by atoms with Gasteiger partial charge in [-0.25, -0.2) is 0 Å². The second-order valence-electron chi connectivity index (χ2n) is 8.20. The van der Waals surface area contributed by atoms with E-state index in [1.165, 1.54) is 12.1 Å². The quantitative estimate of drug-likeness (QED) is 0.458. The normalized spacial score (nSPS) is 16.6. The van der Waals surface area contributed by atoms with Crippen molar-refractivity contribution in [2.24, 2.45) is 5.92 Å². The Morgan fingerprint density at radius 3 is 2.91 bits per heavy atom. The number of amides is 1. The van der Waals surface area contributed by atoms with Gasteiger partial charge in [-0.15, -0.1) is 0 Å². The number of carbonyl (C=O) groups excluding carboxylic acids is 1. The highest BCUT2D eigenvalue weighted by Crippen LogP contribution is 2.25. The predicted molar refractivity (Wildman–Crippen MR) is 119 cm³/mol. The Hall–Kier alpha value is -3.59. The predicted octanol–water partition coefficient (Wildman–Crippen LogP) is 4.11. The average Bonchev–Trinajstić information content (AvgIpc) is 3.24. The first kappa shape index (κ1) is 21.6. The number of hydrogen-bond donors (Lipinski definition) is 1. The van der Waals surface area contributed by atoms with Crippen LogP contribution in [0.15, 0.2) is 47.0 Å². The molecule has 0 saturated carbocycles. The number of rotatable bonds is 6. The van der Waals surface area contributed by atoms with Gasteiger partial charge in [0, 0.05) is 24.2 Å². The van der Waals surface area contributed by atoms with Crippen molar-refractivity contribution in [3.05, 3.63) is 69.6 Å². The fourth-order valence-corrected chi connectivity index (χ4v) is 3.92. The molecule has 0 bridgehead atoms. The van der Waals surface area contributed by atoms with E-state index in [1.54, 1.807) is 6.07 Å². The fraction of sp³-hybridized carbons (Fsp3) is 0.348. The van der Waals surface area contributed by atoms with Gasteiger partial charge in [0.25, 0.3) is 5.69 Å². The van der Waals surface area contributed by atoms with Gasteiger partial charge in [0.1, 0.15) is 0 Å². The molecular formula is C23H25N5O4. The molecule has 1 aliphatic rings. The van der Waals surface area contributed by atoms with Gasteiger partial charge in [-0.2, -0.15) is 4.98 Å². The van der Waals surface area contributed by atoms with Gasteiger partial charge in [-0.3, -0.25) is 19.8 Å². The van der Waals surface area contributed by atoms with Crippen molar-refractivity contribution in [2.75, 3.05) is 18.4 Å². The number of non-ortho nitro benzene ring substituents is 1. The Kier molecular flexibility index (Phi) is 6.27. The number of nitrogens with one attached hydrogen (secondary N) is 1. The summed E-state index contributed by atoms with van der Waals surface area (Å²) in [6.07, 6.45) is 1.62. The van der Waals surface area contributed by atoms with Crippen molar-refractivity contribution < 1.29 is 14.2 Å². The minimum absolute atomic E-state index is 0.0445. The molecule has 4 rings (SSSR count). The Bertz CT molecular complexity index is 1140. The number of carbonyl (C=O) groups is 1. The number of nitro benzene ring substituents is 1. The summed E-state index contributed by atoms with van der Waals surface area (Å²) >= 11 is 0. The van der Waals surface area contributed by atoms with Crippen molar-refractivity contribution in [1.29, 1.82) is 0 Å². The molecule has 9 heteroatoms. The molecule has 1 saturated heterocycles. The number of anilines is 1. The largest absolute Gasteiger partial charge is 0.338 e. The van der Waals surface area contributed by atoms with E-state index in [0.29, 0.717) is 30.5 Å². The van der Waals surface area contributed by atoms with Crippen molar-refractivity contribution in [3.8, 4) is 11.4 Å². The fourth-order valence-electron chi connectivity index (χ4n) is 3.92. The molecule has 0 radical (unpaired) electrons. The maximum atomic E-state index is 12.9. The highest BCUT2D eigenvalue weighted by atomic mass is 16.6. The molecule has 1 aromatic heterocycles. The van der Waals surface area contributed by atoms with Crippen LogP contribution in [0.4, 0.5) is 11.4 Å². The molecule has 3 aromatic rings.